The highest BCUT2D eigenvalue weighted by Gasteiger charge is 2.58. The summed E-state index contributed by atoms with van der Waals surface area (Å²) in [6.07, 6.45) is -3.54. The zero-order valence-corrected chi connectivity index (χ0v) is 25.8. The van der Waals surface area contributed by atoms with Crippen molar-refractivity contribution in [3.8, 4) is 16.9 Å². The highest BCUT2D eigenvalue weighted by Crippen LogP contribution is 2.47. The molecule has 0 amide bonds. The van der Waals surface area contributed by atoms with Crippen LogP contribution in [0.1, 0.15) is 43.7 Å². The maximum Gasteiger partial charge on any atom is 0.240 e. The molecule has 1 aliphatic carbocycles. The van der Waals surface area contributed by atoms with E-state index in [2.05, 4.69) is 24.1 Å². The predicted octanol–water partition coefficient (Wildman–Crippen LogP) is -0.0985. The molecule has 13 nitrogen and oxygen atoms in total. The number of rotatable bonds is 4. The number of pyridine rings is 1. The van der Waals surface area contributed by atoms with Gasteiger partial charge in [-0.1, -0.05) is 19.1 Å². The SMILES string of the molecule is CC1CC2=C(C=C1c1cncc(-c3ccc4c(c3)CCC3(O4)OC(CO)C(O)C(O)C3O)c1)CCC1(O2)OC(CO)C(O)C(O)C1O. The minimum absolute atomic E-state index is 0.0116. The molecule has 2 fully saturated rings. The zero-order valence-electron chi connectivity index (χ0n) is 25.8. The normalized spacial score (nSPS) is 39.9. The van der Waals surface area contributed by atoms with Crippen molar-refractivity contribution in [2.45, 2.75) is 99.4 Å². The third-order valence-corrected chi connectivity index (χ3v) is 10.3. The second-order valence-corrected chi connectivity index (χ2v) is 13.3. The Morgan fingerprint density at radius 1 is 0.745 bits per heavy atom. The Bertz CT molecular complexity index is 1580. The van der Waals surface area contributed by atoms with Crippen molar-refractivity contribution in [1.82, 2.24) is 4.98 Å². The van der Waals surface area contributed by atoms with Crippen LogP contribution >= 0.6 is 0 Å². The molecule has 0 bridgehead atoms. The largest absolute Gasteiger partial charge is 0.463 e. The fourth-order valence-electron chi connectivity index (χ4n) is 7.54. The number of aromatic nitrogens is 1. The van der Waals surface area contributed by atoms with Crippen molar-refractivity contribution in [1.29, 1.82) is 0 Å². The van der Waals surface area contributed by atoms with Gasteiger partial charge >= 0.3 is 0 Å². The lowest BCUT2D eigenvalue weighted by atomic mass is 9.80. The number of aliphatic hydroxyl groups excluding tert-OH is 8. The Hall–Kier alpha value is -2.95. The molecule has 254 valence electrons. The molecule has 47 heavy (non-hydrogen) atoms. The number of aryl methyl sites for hydroxylation is 1. The number of aliphatic hydroxyl groups is 8. The van der Waals surface area contributed by atoms with E-state index in [9.17, 15) is 40.9 Å². The Morgan fingerprint density at radius 3 is 2.02 bits per heavy atom. The third-order valence-electron chi connectivity index (χ3n) is 10.3. The van der Waals surface area contributed by atoms with E-state index in [1.165, 1.54) is 0 Å². The first-order chi connectivity index (χ1) is 22.5. The van der Waals surface area contributed by atoms with Gasteiger partial charge in [0.1, 0.15) is 60.3 Å². The van der Waals surface area contributed by atoms with Crippen LogP contribution in [0.2, 0.25) is 0 Å². The molecule has 13 heteroatoms. The van der Waals surface area contributed by atoms with E-state index in [0.29, 0.717) is 30.8 Å². The summed E-state index contributed by atoms with van der Waals surface area (Å²) in [6, 6.07) is 7.69. The van der Waals surface area contributed by atoms with Gasteiger partial charge in [0.2, 0.25) is 11.6 Å². The fraction of sp³-hybridized carbons (Fsp3) is 0.559. The average Bonchev–Trinajstić information content (AvgIpc) is 3.09. The number of ether oxygens (including phenoxy) is 4. The molecular formula is C34H41NO12. The van der Waals surface area contributed by atoms with Crippen LogP contribution in [0.4, 0.5) is 0 Å². The Balaban J connectivity index is 1.12. The van der Waals surface area contributed by atoms with E-state index in [-0.39, 0.29) is 18.8 Å². The van der Waals surface area contributed by atoms with E-state index in [1.54, 1.807) is 12.3 Å². The van der Waals surface area contributed by atoms with Gasteiger partial charge in [-0.25, -0.2) is 0 Å². The van der Waals surface area contributed by atoms with Crippen LogP contribution in [0.5, 0.6) is 5.75 Å². The molecule has 5 aliphatic rings. The second-order valence-electron chi connectivity index (χ2n) is 13.3. The van der Waals surface area contributed by atoms with Gasteiger partial charge in [0.25, 0.3) is 0 Å². The number of fused-ring (bicyclic) bond motifs is 1. The number of benzene rings is 1. The minimum Gasteiger partial charge on any atom is -0.463 e. The highest BCUT2D eigenvalue weighted by molar-refractivity contribution is 5.76. The topological polar surface area (TPSA) is 212 Å². The van der Waals surface area contributed by atoms with Gasteiger partial charge in [-0.15, -0.1) is 0 Å². The summed E-state index contributed by atoms with van der Waals surface area (Å²) < 4.78 is 24.0. The monoisotopic (exact) mass is 655 g/mol. The van der Waals surface area contributed by atoms with Crippen LogP contribution in [0, 0.1) is 5.92 Å². The summed E-state index contributed by atoms with van der Waals surface area (Å²) in [7, 11) is 0. The molecule has 0 saturated carbocycles. The van der Waals surface area contributed by atoms with E-state index < -0.39 is 73.6 Å². The van der Waals surface area contributed by atoms with Gasteiger partial charge in [-0.05, 0) is 64.8 Å². The molecule has 0 radical (unpaired) electrons. The summed E-state index contributed by atoms with van der Waals surface area (Å²) in [4.78, 5) is 4.53. The summed E-state index contributed by atoms with van der Waals surface area (Å²) in [5.74, 6) is -2.03. The smallest absolute Gasteiger partial charge is 0.240 e. The van der Waals surface area contributed by atoms with E-state index >= 15 is 0 Å². The van der Waals surface area contributed by atoms with Crippen LogP contribution in [0.15, 0.2) is 54.1 Å². The maximum absolute atomic E-state index is 10.8. The molecule has 7 rings (SSSR count). The Kier molecular flexibility index (Phi) is 8.45. The number of hydrogen-bond donors (Lipinski definition) is 8. The number of hydrogen-bond acceptors (Lipinski definition) is 13. The second kappa shape index (κ2) is 12.2. The lowest BCUT2D eigenvalue weighted by Gasteiger charge is -2.50. The lowest BCUT2D eigenvalue weighted by Crippen LogP contribution is -2.68. The molecule has 2 saturated heterocycles. The maximum atomic E-state index is 10.8. The molecule has 4 aliphatic heterocycles. The van der Waals surface area contributed by atoms with Crippen LogP contribution in [0.3, 0.4) is 0 Å². The molecule has 1 aromatic heterocycles. The third kappa shape index (κ3) is 5.39. The summed E-state index contributed by atoms with van der Waals surface area (Å²) in [6.45, 7) is 0.997. The number of nitrogens with zero attached hydrogens (tertiary/aromatic N) is 1. The summed E-state index contributed by atoms with van der Waals surface area (Å²) >= 11 is 0. The van der Waals surface area contributed by atoms with Crippen LogP contribution in [-0.4, -0.2) is 119 Å². The molecule has 2 spiro atoms. The van der Waals surface area contributed by atoms with Gasteiger partial charge in [0, 0.05) is 37.2 Å². The van der Waals surface area contributed by atoms with Crippen molar-refractivity contribution in [3.05, 3.63) is 65.2 Å². The van der Waals surface area contributed by atoms with Crippen LogP contribution < -0.4 is 4.74 Å². The van der Waals surface area contributed by atoms with Crippen molar-refractivity contribution in [2.24, 2.45) is 5.92 Å². The van der Waals surface area contributed by atoms with Gasteiger partial charge in [-0.2, -0.15) is 0 Å². The van der Waals surface area contributed by atoms with E-state index in [1.807, 2.05) is 18.3 Å². The van der Waals surface area contributed by atoms with Gasteiger partial charge in [0.15, 0.2) is 0 Å². The van der Waals surface area contributed by atoms with Gasteiger partial charge in [0.05, 0.1) is 13.2 Å². The first-order valence-electron chi connectivity index (χ1n) is 16.1. The highest BCUT2D eigenvalue weighted by atomic mass is 16.7. The van der Waals surface area contributed by atoms with Crippen LogP contribution in [-0.2, 0) is 20.6 Å². The zero-order chi connectivity index (χ0) is 33.2. The first kappa shape index (κ1) is 32.6. The van der Waals surface area contributed by atoms with E-state index in [0.717, 1.165) is 33.4 Å². The molecule has 8 N–H and O–H groups in total. The molecular weight excluding hydrogens is 614 g/mol. The minimum atomic E-state index is -1.59. The average molecular weight is 656 g/mol. The van der Waals surface area contributed by atoms with Crippen molar-refractivity contribution in [3.63, 3.8) is 0 Å². The Labute approximate surface area is 271 Å². The molecule has 5 heterocycles. The first-order valence-corrected chi connectivity index (χ1v) is 16.1. The van der Waals surface area contributed by atoms with Gasteiger partial charge < -0.3 is 59.8 Å². The standard InChI is InChI=1S/C34H41NO12/c1-16-8-24-19(5-7-34(45-24)32(43)30(41)28(39)26(15-37)47-34)11-22(16)21-10-20(12-35-13-21)17-2-3-23-18(9-17)4-6-33(44-23)31(42)29(40)27(38)25(14-36)46-33/h2-3,9-13,16,25-32,36-43H,4-8,14-15H2,1H3. The summed E-state index contributed by atoms with van der Waals surface area (Å²) in [5.41, 5.74) is 5.60. The predicted molar refractivity (Wildman–Crippen MR) is 163 cm³/mol. The van der Waals surface area contributed by atoms with E-state index in [4.69, 9.17) is 18.9 Å². The fourth-order valence-corrected chi connectivity index (χ4v) is 7.54. The van der Waals surface area contributed by atoms with Crippen LogP contribution in [0.25, 0.3) is 16.7 Å². The number of allylic oxidation sites excluding steroid dienone is 4. The van der Waals surface area contributed by atoms with Crippen molar-refractivity contribution in [2.75, 3.05) is 13.2 Å². The molecule has 1 aromatic carbocycles. The summed E-state index contributed by atoms with van der Waals surface area (Å²) in [5, 5.41) is 82.1. The van der Waals surface area contributed by atoms with Gasteiger partial charge in [-0.3, -0.25) is 4.98 Å². The lowest BCUT2D eigenvalue weighted by molar-refractivity contribution is -0.359. The molecule has 11 unspecified atom stereocenters. The quantitative estimate of drug-likeness (QED) is 0.217. The van der Waals surface area contributed by atoms with Crippen molar-refractivity contribution < 1.29 is 59.8 Å². The molecule has 11 atom stereocenters. The van der Waals surface area contributed by atoms with Crippen molar-refractivity contribution >= 4 is 5.57 Å². The molecule has 2 aromatic rings. The Morgan fingerprint density at radius 2 is 1.36 bits per heavy atom.